The summed E-state index contributed by atoms with van der Waals surface area (Å²) < 4.78 is 2.12. The van der Waals surface area contributed by atoms with Gasteiger partial charge in [0, 0.05) is 24.8 Å². The molecule has 2 N–H and O–H groups in total. The van der Waals surface area contributed by atoms with Crippen LogP contribution in [0.3, 0.4) is 0 Å². The van der Waals surface area contributed by atoms with Gasteiger partial charge in [-0.25, -0.2) is 14.8 Å². The van der Waals surface area contributed by atoms with E-state index in [1.165, 1.54) is 11.1 Å². The lowest BCUT2D eigenvalue weighted by atomic mass is 10.1. The first kappa shape index (κ1) is 19.6. The standard InChI is InChI=1S/C24H25N5O/c1-17-10-11-20(18(2)15-17)28-24(30)26-14-12-22-27-21-9-6-13-25-23(21)29(22)16-19-7-4-3-5-8-19/h3-11,13,15H,12,14,16H2,1-2H3,(H2,26,28,30). The zero-order chi connectivity index (χ0) is 20.9. The van der Waals surface area contributed by atoms with E-state index in [9.17, 15) is 4.79 Å². The molecule has 0 bridgehead atoms. The SMILES string of the molecule is Cc1ccc(NC(=O)NCCc2nc3cccnc3n2Cc2ccccc2)c(C)c1. The third-order valence-electron chi connectivity index (χ3n) is 5.03. The highest BCUT2D eigenvalue weighted by molar-refractivity contribution is 5.90. The molecule has 0 unspecified atom stereocenters. The lowest BCUT2D eigenvalue weighted by Crippen LogP contribution is -2.31. The molecule has 2 aromatic carbocycles. The van der Waals surface area contributed by atoms with E-state index in [1.807, 2.05) is 56.3 Å². The van der Waals surface area contributed by atoms with Gasteiger partial charge in [-0.3, -0.25) is 0 Å². The maximum Gasteiger partial charge on any atom is 0.319 e. The summed E-state index contributed by atoms with van der Waals surface area (Å²) in [7, 11) is 0. The van der Waals surface area contributed by atoms with Crippen LogP contribution in [0.4, 0.5) is 10.5 Å². The molecule has 0 radical (unpaired) electrons. The summed E-state index contributed by atoms with van der Waals surface area (Å²) in [6.07, 6.45) is 2.40. The smallest absolute Gasteiger partial charge is 0.319 e. The Morgan fingerprint density at radius 3 is 2.67 bits per heavy atom. The molecule has 0 saturated carbocycles. The van der Waals surface area contributed by atoms with Gasteiger partial charge in [-0.1, -0.05) is 48.0 Å². The molecule has 6 nitrogen and oxygen atoms in total. The van der Waals surface area contributed by atoms with E-state index in [1.54, 1.807) is 6.20 Å². The number of pyridine rings is 1. The fraction of sp³-hybridized carbons (Fsp3) is 0.208. The Balaban J connectivity index is 1.44. The zero-order valence-corrected chi connectivity index (χ0v) is 17.2. The molecule has 4 aromatic rings. The second-order valence-electron chi connectivity index (χ2n) is 7.40. The van der Waals surface area contributed by atoms with Crippen LogP contribution >= 0.6 is 0 Å². The number of hydrogen-bond acceptors (Lipinski definition) is 3. The summed E-state index contributed by atoms with van der Waals surface area (Å²) in [6, 6.07) is 19.8. The van der Waals surface area contributed by atoms with E-state index in [0.717, 1.165) is 28.2 Å². The number of fused-ring (bicyclic) bond motifs is 1. The minimum Gasteiger partial charge on any atom is -0.337 e. The highest BCUT2D eigenvalue weighted by Gasteiger charge is 2.12. The minimum atomic E-state index is -0.217. The fourth-order valence-electron chi connectivity index (χ4n) is 3.54. The highest BCUT2D eigenvalue weighted by Crippen LogP contribution is 2.17. The number of nitrogens with one attached hydrogen (secondary N) is 2. The largest absolute Gasteiger partial charge is 0.337 e. The van der Waals surface area contributed by atoms with Crippen molar-refractivity contribution in [3.63, 3.8) is 0 Å². The second-order valence-corrected chi connectivity index (χ2v) is 7.40. The van der Waals surface area contributed by atoms with Gasteiger partial charge in [-0.05, 0) is 43.2 Å². The Labute approximate surface area is 176 Å². The van der Waals surface area contributed by atoms with Gasteiger partial charge >= 0.3 is 6.03 Å². The number of aryl methyl sites for hydroxylation is 2. The molecule has 2 aromatic heterocycles. The number of benzene rings is 2. The molecule has 4 rings (SSSR count). The normalized spacial score (nSPS) is 10.9. The van der Waals surface area contributed by atoms with Gasteiger partial charge in [-0.2, -0.15) is 0 Å². The number of rotatable bonds is 6. The summed E-state index contributed by atoms with van der Waals surface area (Å²) in [5, 5.41) is 5.85. The molecule has 0 spiro atoms. The number of amides is 2. The summed E-state index contributed by atoms with van der Waals surface area (Å²) in [4.78, 5) is 21.6. The van der Waals surface area contributed by atoms with Crippen LogP contribution in [0.1, 0.15) is 22.5 Å². The van der Waals surface area contributed by atoms with Crippen molar-refractivity contribution in [2.75, 3.05) is 11.9 Å². The quantitative estimate of drug-likeness (QED) is 0.503. The van der Waals surface area contributed by atoms with Gasteiger partial charge in [0.15, 0.2) is 5.65 Å². The number of anilines is 1. The first-order valence-corrected chi connectivity index (χ1v) is 10.1. The lowest BCUT2D eigenvalue weighted by molar-refractivity contribution is 0.252. The van der Waals surface area contributed by atoms with Gasteiger partial charge < -0.3 is 15.2 Å². The number of urea groups is 1. The Morgan fingerprint density at radius 1 is 1.03 bits per heavy atom. The maximum atomic E-state index is 12.3. The van der Waals surface area contributed by atoms with Crippen LogP contribution < -0.4 is 10.6 Å². The van der Waals surface area contributed by atoms with Crippen LogP contribution in [0.25, 0.3) is 11.2 Å². The Morgan fingerprint density at radius 2 is 1.87 bits per heavy atom. The molecule has 0 aliphatic rings. The van der Waals surface area contributed by atoms with Crippen LogP contribution in [0.2, 0.25) is 0 Å². The first-order chi connectivity index (χ1) is 14.6. The lowest BCUT2D eigenvalue weighted by Gasteiger charge is -2.11. The molecular weight excluding hydrogens is 374 g/mol. The van der Waals surface area contributed by atoms with E-state index in [0.29, 0.717) is 19.5 Å². The molecule has 0 aliphatic carbocycles. The van der Waals surface area contributed by atoms with E-state index < -0.39 is 0 Å². The second kappa shape index (κ2) is 8.78. The van der Waals surface area contributed by atoms with Crippen molar-refractivity contribution in [2.45, 2.75) is 26.8 Å². The number of aromatic nitrogens is 3. The van der Waals surface area contributed by atoms with Crippen molar-refractivity contribution < 1.29 is 4.79 Å². The van der Waals surface area contributed by atoms with Crippen LogP contribution in [0, 0.1) is 13.8 Å². The number of carbonyl (C=O) groups excluding carboxylic acids is 1. The molecule has 30 heavy (non-hydrogen) atoms. The number of carbonyl (C=O) groups is 1. The zero-order valence-electron chi connectivity index (χ0n) is 17.2. The van der Waals surface area contributed by atoms with Gasteiger partial charge in [0.05, 0.1) is 6.54 Å². The Kier molecular flexibility index (Phi) is 5.75. The van der Waals surface area contributed by atoms with Crippen molar-refractivity contribution in [3.05, 3.63) is 89.4 Å². The van der Waals surface area contributed by atoms with Crippen molar-refractivity contribution >= 4 is 22.9 Å². The van der Waals surface area contributed by atoms with Crippen molar-refractivity contribution in [1.29, 1.82) is 0 Å². The van der Waals surface area contributed by atoms with E-state index in [-0.39, 0.29) is 6.03 Å². The minimum absolute atomic E-state index is 0.217. The van der Waals surface area contributed by atoms with Crippen molar-refractivity contribution in [1.82, 2.24) is 19.9 Å². The third kappa shape index (κ3) is 4.49. The topological polar surface area (TPSA) is 71.8 Å². The van der Waals surface area contributed by atoms with Crippen molar-refractivity contribution in [3.8, 4) is 0 Å². The Bertz CT molecular complexity index is 1170. The Hall–Kier alpha value is -3.67. The average Bonchev–Trinajstić information content (AvgIpc) is 3.08. The molecular formula is C24H25N5O. The predicted octanol–water partition coefficient (Wildman–Crippen LogP) is 4.46. The van der Waals surface area contributed by atoms with Crippen LogP contribution in [-0.2, 0) is 13.0 Å². The van der Waals surface area contributed by atoms with E-state index in [4.69, 9.17) is 4.98 Å². The van der Waals surface area contributed by atoms with E-state index >= 15 is 0 Å². The van der Waals surface area contributed by atoms with Crippen molar-refractivity contribution in [2.24, 2.45) is 0 Å². The van der Waals surface area contributed by atoms with Crippen LogP contribution in [0.5, 0.6) is 0 Å². The third-order valence-corrected chi connectivity index (χ3v) is 5.03. The summed E-state index contributed by atoms with van der Waals surface area (Å²) >= 11 is 0. The molecule has 152 valence electrons. The van der Waals surface area contributed by atoms with Gasteiger partial charge in [0.25, 0.3) is 0 Å². The monoisotopic (exact) mass is 399 g/mol. The molecule has 0 atom stereocenters. The maximum absolute atomic E-state index is 12.3. The molecule has 2 heterocycles. The summed E-state index contributed by atoms with van der Waals surface area (Å²) in [5.41, 5.74) is 5.94. The van der Waals surface area contributed by atoms with Gasteiger partial charge in [0.2, 0.25) is 0 Å². The molecule has 0 fully saturated rings. The fourth-order valence-corrected chi connectivity index (χ4v) is 3.54. The van der Waals surface area contributed by atoms with E-state index in [2.05, 4.69) is 38.4 Å². The van der Waals surface area contributed by atoms with Gasteiger partial charge in [-0.15, -0.1) is 0 Å². The van der Waals surface area contributed by atoms with Crippen LogP contribution in [-0.4, -0.2) is 27.1 Å². The predicted molar refractivity (Wildman–Crippen MR) is 120 cm³/mol. The molecule has 6 heteroatoms. The number of nitrogens with zero attached hydrogens (tertiary/aromatic N) is 3. The number of imidazole rings is 1. The molecule has 2 amide bonds. The molecule has 0 saturated heterocycles. The highest BCUT2D eigenvalue weighted by atomic mass is 16.2. The average molecular weight is 399 g/mol. The number of hydrogen-bond donors (Lipinski definition) is 2. The molecule has 0 aliphatic heterocycles. The van der Waals surface area contributed by atoms with Gasteiger partial charge in [0.1, 0.15) is 11.3 Å². The van der Waals surface area contributed by atoms with Crippen LogP contribution in [0.15, 0.2) is 66.9 Å². The summed E-state index contributed by atoms with van der Waals surface area (Å²) in [5.74, 6) is 0.902. The first-order valence-electron chi connectivity index (χ1n) is 10.1. The summed E-state index contributed by atoms with van der Waals surface area (Å²) in [6.45, 7) is 5.20.